The predicted octanol–water partition coefficient (Wildman–Crippen LogP) is 7.48. The molecule has 1 aliphatic heterocycles. The molecule has 0 saturated carbocycles. The van der Waals surface area contributed by atoms with Crippen molar-refractivity contribution in [3.05, 3.63) is 89.5 Å². The molecule has 0 spiro atoms. The Hall–Kier alpha value is -2.32. The van der Waals surface area contributed by atoms with Crippen molar-refractivity contribution < 1.29 is 30.4 Å². The van der Waals surface area contributed by atoms with E-state index in [1.807, 2.05) is 0 Å². The first-order valence-electron chi connectivity index (χ1n) is 13.3. The molecule has 13 heteroatoms. The molecule has 0 aliphatic carbocycles. The molecule has 0 aromatic heterocycles. The Labute approximate surface area is 251 Å². The molecule has 1 aliphatic rings. The molecule has 1 atom stereocenters. The number of hydrogen-bond acceptors (Lipinski definition) is 7. The minimum Gasteiger partial charge on any atom is -0.323 e. The van der Waals surface area contributed by atoms with Crippen LogP contribution in [0, 0.1) is 17.6 Å². The Bertz CT molecular complexity index is 1390. The van der Waals surface area contributed by atoms with Gasteiger partial charge >= 0.3 is 5.51 Å². The Balaban J connectivity index is 1.26. The third kappa shape index (κ3) is 10.1. The normalized spacial score (nSPS) is 16.0. The summed E-state index contributed by atoms with van der Waals surface area (Å²) < 4.78 is 94.5. The van der Waals surface area contributed by atoms with Crippen LogP contribution >= 0.6 is 23.9 Å². The average Bonchev–Trinajstić information content (AvgIpc) is 2.92. The summed E-state index contributed by atoms with van der Waals surface area (Å²) in [6.07, 6.45) is 3.71. The summed E-state index contributed by atoms with van der Waals surface area (Å²) in [4.78, 5) is 3.43. The average molecular weight is 646 g/mol. The van der Waals surface area contributed by atoms with E-state index in [9.17, 15) is 30.4 Å². The smallest absolute Gasteiger partial charge is 0.323 e. The fourth-order valence-corrected chi connectivity index (χ4v) is 6.68. The van der Waals surface area contributed by atoms with Gasteiger partial charge in [-0.2, -0.15) is 13.2 Å². The van der Waals surface area contributed by atoms with E-state index in [0.717, 1.165) is 61.8 Å². The zero-order valence-electron chi connectivity index (χ0n) is 22.8. The maximum Gasteiger partial charge on any atom is 0.461 e. The number of halogens is 5. The lowest BCUT2D eigenvalue weighted by Crippen LogP contribution is -2.37. The van der Waals surface area contributed by atoms with E-state index in [0.29, 0.717) is 23.6 Å². The van der Waals surface area contributed by atoms with Crippen LogP contribution in [0.3, 0.4) is 0 Å². The second-order valence-corrected chi connectivity index (χ2v) is 14.1. The van der Waals surface area contributed by atoms with E-state index in [-0.39, 0.29) is 22.8 Å². The first-order chi connectivity index (χ1) is 19.9. The number of sulfone groups is 1. The third-order valence-electron chi connectivity index (χ3n) is 7.14. The van der Waals surface area contributed by atoms with Crippen LogP contribution in [0.5, 0.6) is 0 Å². The summed E-state index contributed by atoms with van der Waals surface area (Å²) in [6.45, 7) is 3.27. The number of likely N-dealkylation sites (tertiary alicyclic amines) is 1. The van der Waals surface area contributed by atoms with Gasteiger partial charge in [0.1, 0.15) is 11.6 Å². The zero-order chi connectivity index (χ0) is 30.3. The molecule has 4 rings (SSSR count). The van der Waals surface area contributed by atoms with Crippen molar-refractivity contribution in [3.8, 4) is 0 Å². The van der Waals surface area contributed by atoms with E-state index in [2.05, 4.69) is 14.3 Å². The van der Waals surface area contributed by atoms with Gasteiger partial charge in [0, 0.05) is 35.4 Å². The first kappa shape index (κ1) is 32.6. The molecule has 3 aromatic carbocycles. The standard InChI is InChI=1S/C29H32F5N3O2S3/c1-42(38,39)27-8-2-21(3-9-27)28(22-16-23(30)18-24(31)17-22)12-15-37-13-10-20(11-14-37)19-35-40-26-6-4-25(5-7-26)36-41-29(32,33)34/h2-9,16-18,20,28,35-36H,10-15,19H2,1H3/t28-/m1/s1. The summed E-state index contributed by atoms with van der Waals surface area (Å²) in [7, 11) is -3.36. The van der Waals surface area contributed by atoms with Crippen molar-refractivity contribution in [2.24, 2.45) is 5.92 Å². The van der Waals surface area contributed by atoms with Gasteiger partial charge < -0.3 is 9.62 Å². The van der Waals surface area contributed by atoms with Gasteiger partial charge in [0.25, 0.3) is 0 Å². The van der Waals surface area contributed by atoms with E-state index < -0.39 is 27.0 Å². The number of anilines is 1. The predicted molar refractivity (Wildman–Crippen MR) is 159 cm³/mol. The number of piperidine rings is 1. The number of hydrogen-bond donors (Lipinski definition) is 2. The molecule has 228 valence electrons. The second-order valence-electron chi connectivity index (χ2n) is 10.3. The lowest BCUT2D eigenvalue weighted by Gasteiger charge is -2.33. The summed E-state index contributed by atoms with van der Waals surface area (Å²) in [5.74, 6) is -1.13. The first-order valence-corrected chi connectivity index (χ1v) is 16.9. The monoisotopic (exact) mass is 645 g/mol. The van der Waals surface area contributed by atoms with Crippen molar-refractivity contribution >= 4 is 39.4 Å². The highest BCUT2D eigenvalue weighted by molar-refractivity contribution is 8.01. The molecule has 0 unspecified atom stereocenters. The van der Waals surface area contributed by atoms with Crippen LogP contribution in [0.1, 0.15) is 36.3 Å². The van der Waals surface area contributed by atoms with Crippen molar-refractivity contribution in [1.82, 2.24) is 9.62 Å². The number of benzene rings is 3. The molecule has 0 radical (unpaired) electrons. The van der Waals surface area contributed by atoms with E-state index in [4.69, 9.17) is 0 Å². The molecular weight excluding hydrogens is 614 g/mol. The molecule has 5 nitrogen and oxygen atoms in total. The highest BCUT2D eigenvalue weighted by Gasteiger charge is 2.29. The molecule has 3 aromatic rings. The quantitative estimate of drug-likeness (QED) is 0.157. The van der Waals surface area contributed by atoms with Crippen LogP contribution in [-0.4, -0.2) is 51.3 Å². The van der Waals surface area contributed by atoms with Crippen LogP contribution < -0.4 is 9.44 Å². The zero-order valence-corrected chi connectivity index (χ0v) is 25.3. The topological polar surface area (TPSA) is 61.4 Å². The lowest BCUT2D eigenvalue weighted by atomic mass is 9.87. The minimum atomic E-state index is -4.35. The number of nitrogens with zero attached hydrogens (tertiary/aromatic N) is 1. The number of alkyl halides is 3. The van der Waals surface area contributed by atoms with E-state index in [1.165, 1.54) is 36.2 Å². The molecule has 1 heterocycles. The molecule has 1 saturated heterocycles. The van der Waals surface area contributed by atoms with Crippen LogP contribution in [0.2, 0.25) is 0 Å². The third-order valence-corrected chi connectivity index (χ3v) is 9.66. The molecule has 42 heavy (non-hydrogen) atoms. The fraction of sp³-hybridized carbons (Fsp3) is 0.379. The number of rotatable bonds is 12. The summed E-state index contributed by atoms with van der Waals surface area (Å²) in [5.41, 5.74) is -2.66. The molecule has 0 amide bonds. The van der Waals surface area contributed by atoms with Crippen LogP contribution in [0.15, 0.2) is 76.5 Å². The Morgan fingerprint density at radius 1 is 0.929 bits per heavy atom. The number of nitrogens with one attached hydrogen (secondary N) is 2. The van der Waals surface area contributed by atoms with Gasteiger partial charge in [0.15, 0.2) is 9.84 Å². The maximum atomic E-state index is 14.1. The van der Waals surface area contributed by atoms with Crippen LogP contribution in [0.25, 0.3) is 0 Å². The van der Waals surface area contributed by atoms with Gasteiger partial charge in [0.05, 0.1) is 16.8 Å². The SMILES string of the molecule is CS(=O)(=O)c1ccc([C@@H](CCN2CCC(CNSc3ccc(NSC(F)(F)F)cc3)CC2)c2cc(F)cc(F)c2)cc1. The van der Waals surface area contributed by atoms with Crippen molar-refractivity contribution in [1.29, 1.82) is 0 Å². The highest BCUT2D eigenvalue weighted by atomic mass is 32.2. The van der Waals surface area contributed by atoms with Crippen LogP contribution in [-0.2, 0) is 9.84 Å². The molecular formula is C29H32F5N3O2S3. The fourth-order valence-electron chi connectivity index (χ4n) is 4.93. The van der Waals surface area contributed by atoms with Gasteiger partial charge in [-0.05, 0) is 116 Å². The van der Waals surface area contributed by atoms with Gasteiger partial charge in [0.2, 0.25) is 0 Å². The van der Waals surface area contributed by atoms with Crippen molar-refractivity contribution in [3.63, 3.8) is 0 Å². The largest absolute Gasteiger partial charge is 0.461 e. The van der Waals surface area contributed by atoms with Crippen molar-refractivity contribution in [2.75, 3.05) is 37.2 Å². The molecule has 2 N–H and O–H groups in total. The molecule has 1 fully saturated rings. The Morgan fingerprint density at radius 2 is 1.55 bits per heavy atom. The maximum absolute atomic E-state index is 14.1. The van der Waals surface area contributed by atoms with Crippen molar-refractivity contribution in [2.45, 2.75) is 40.5 Å². The highest BCUT2D eigenvalue weighted by Crippen LogP contribution is 2.33. The molecule has 0 bridgehead atoms. The van der Waals surface area contributed by atoms with Gasteiger partial charge in [-0.1, -0.05) is 12.1 Å². The van der Waals surface area contributed by atoms with Crippen LogP contribution in [0.4, 0.5) is 27.6 Å². The summed E-state index contributed by atoms with van der Waals surface area (Å²) >= 11 is 1.15. The summed E-state index contributed by atoms with van der Waals surface area (Å²) in [6, 6.07) is 16.7. The van der Waals surface area contributed by atoms with E-state index in [1.54, 1.807) is 36.4 Å². The van der Waals surface area contributed by atoms with Gasteiger partial charge in [-0.25, -0.2) is 17.2 Å². The summed E-state index contributed by atoms with van der Waals surface area (Å²) in [5, 5.41) is 0. The van der Waals surface area contributed by atoms with Gasteiger partial charge in [-0.15, -0.1) is 0 Å². The second kappa shape index (κ2) is 14.4. The Morgan fingerprint density at radius 3 is 2.12 bits per heavy atom. The lowest BCUT2D eigenvalue weighted by molar-refractivity contribution is -0.0323. The van der Waals surface area contributed by atoms with E-state index >= 15 is 0 Å². The minimum absolute atomic E-state index is 0.193. The van der Waals surface area contributed by atoms with Gasteiger partial charge in [-0.3, -0.25) is 4.72 Å². The Kier molecular flexibility index (Phi) is 11.2.